The molecule has 100 valence electrons. The summed E-state index contributed by atoms with van der Waals surface area (Å²) >= 11 is 0. The molecule has 0 radical (unpaired) electrons. The number of nitrogens with zero attached hydrogens (tertiary/aromatic N) is 1. The number of benzene rings is 1. The summed E-state index contributed by atoms with van der Waals surface area (Å²) in [7, 11) is 0. The van der Waals surface area contributed by atoms with Crippen LogP contribution < -0.4 is 5.32 Å². The molecule has 1 aromatic rings. The summed E-state index contributed by atoms with van der Waals surface area (Å²) in [5.74, 6) is -0.215. The third-order valence-corrected chi connectivity index (χ3v) is 2.97. The number of halogens is 2. The van der Waals surface area contributed by atoms with Gasteiger partial charge in [-0.3, -0.25) is 4.79 Å². The molecule has 0 spiro atoms. The fraction of sp³-hybridized carbons (Fsp3) is 0.462. The van der Waals surface area contributed by atoms with Gasteiger partial charge in [0, 0.05) is 25.7 Å². The summed E-state index contributed by atoms with van der Waals surface area (Å²) < 4.78 is 13.0. The van der Waals surface area contributed by atoms with Gasteiger partial charge in [0.05, 0.1) is 6.42 Å². The lowest BCUT2D eigenvalue weighted by Crippen LogP contribution is -2.51. The third-order valence-electron chi connectivity index (χ3n) is 2.97. The Kier molecular flexibility index (Phi) is 5.56. The molecule has 1 heterocycles. The van der Waals surface area contributed by atoms with Gasteiger partial charge < -0.3 is 10.2 Å². The lowest BCUT2D eigenvalue weighted by atomic mass is 10.1. The van der Waals surface area contributed by atoms with E-state index >= 15 is 0 Å². The van der Waals surface area contributed by atoms with Crippen molar-refractivity contribution in [1.29, 1.82) is 0 Å². The first-order valence-corrected chi connectivity index (χ1v) is 5.91. The van der Waals surface area contributed by atoms with Crippen LogP contribution >= 0.6 is 12.4 Å². The van der Waals surface area contributed by atoms with E-state index in [0.717, 1.165) is 25.2 Å². The predicted octanol–water partition coefficient (Wildman–Crippen LogP) is 1.61. The van der Waals surface area contributed by atoms with Gasteiger partial charge in [0.25, 0.3) is 0 Å². The van der Waals surface area contributed by atoms with Gasteiger partial charge in [-0.25, -0.2) is 4.39 Å². The Labute approximate surface area is 113 Å². The van der Waals surface area contributed by atoms with Crippen molar-refractivity contribution in [2.75, 3.05) is 19.6 Å². The van der Waals surface area contributed by atoms with Crippen LogP contribution in [-0.2, 0) is 11.2 Å². The lowest BCUT2D eigenvalue weighted by molar-refractivity contribution is -0.131. The minimum atomic E-state index is -0.288. The van der Waals surface area contributed by atoms with Crippen LogP contribution in [0.15, 0.2) is 24.3 Å². The first kappa shape index (κ1) is 14.9. The SMILES string of the molecule is CC1CN(C(=O)Cc2cccc(F)c2)CCN1.Cl. The first-order chi connectivity index (χ1) is 8.15. The quantitative estimate of drug-likeness (QED) is 0.887. The van der Waals surface area contributed by atoms with E-state index in [4.69, 9.17) is 0 Å². The van der Waals surface area contributed by atoms with Crippen LogP contribution in [0.25, 0.3) is 0 Å². The van der Waals surface area contributed by atoms with E-state index in [9.17, 15) is 9.18 Å². The number of rotatable bonds is 2. The lowest BCUT2D eigenvalue weighted by Gasteiger charge is -2.32. The van der Waals surface area contributed by atoms with Gasteiger partial charge in [0.1, 0.15) is 5.82 Å². The molecule has 0 aliphatic carbocycles. The number of carbonyl (C=O) groups excluding carboxylic acids is 1. The number of piperazine rings is 1. The second-order valence-corrected chi connectivity index (χ2v) is 4.50. The van der Waals surface area contributed by atoms with Crippen molar-refractivity contribution in [2.45, 2.75) is 19.4 Å². The Balaban J connectivity index is 0.00000162. The Bertz CT molecular complexity index is 414. The van der Waals surface area contributed by atoms with Crippen molar-refractivity contribution in [3.63, 3.8) is 0 Å². The summed E-state index contributed by atoms with van der Waals surface area (Å²) in [6.07, 6.45) is 0.282. The minimum absolute atomic E-state index is 0. The van der Waals surface area contributed by atoms with Crippen molar-refractivity contribution in [1.82, 2.24) is 10.2 Å². The standard InChI is InChI=1S/C13H17FN2O.ClH/c1-10-9-16(6-5-15-10)13(17)8-11-3-2-4-12(14)7-11;/h2-4,7,10,15H,5-6,8-9H2,1H3;1H. The van der Waals surface area contributed by atoms with Gasteiger partial charge in [-0.1, -0.05) is 12.1 Å². The van der Waals surface area contributed by atoms with E-state index in [1.807, 2.05) is 4.90 Å². The average molecular weight is 273 g/mol. The summed E-state index contributed by atoms with van der Waals surface area (Å²) in [5.41, 5.74) is 0.737. The molecule has 1 aliphatic rings. The molecule has 1 saturated heterocycles. The largest absolute Gasteiger partial charge is 0.340 e. The summed E-state index contributed by atoms with van der Waals surface area (Å²) in [4.78, 5) is 13.8. The Morgan fingerprint density at radius 2 is 2.33 bits per heavy atom. The van der Waals surface area contributed by atoms with Crippen LogP contribution in [0.4, 0.5) is 4.39 Å². The highest BCUT2D eigenvalue weighted by molar-refractivity contribution is 5.85. The molecule has 1 unspecified atom stereocenters. The second kappa shape index (κ2) is 6.71. The summed E-state index contributed by atoms with van der Waals surface area (Å²) in [5, 5.41) is 3.29. The summed E-state index contributed by atoms with van der Waals surface area (Å²) in [6, 6.07) is 6.57. The van der Waals surface area contributed by atoms with Crippen molar-refractivity contribution in [3.8, 4) is 0 Å². The zero-order valence-electron chi connectivity index (χ0n) is 10.4. The molecule has 3 nitrogen and oxygen atoms in total. The van der Waals surface area contributed by atoms with Crippen LogP contribution in [-0.4, -0.2) is 36.5 Å². The second-order valence-electron chi connectivity index (χ2n) is 4.50. The van der Waals surface area contributed by atoms with Crippen LogP contribution in [0.2, 0.25) is 0 Å². The molecule has 1 amide bonds. The maximum absolute atomic E-state index is 13.0. The normalized spacial score (nSPS) is 19.2. The Morgan fingerprint density at radius 3 is 3.00 bits per heavy atom. The van der Waals surface area contributed by atoms with E-state index in [2.05, 4.69) is 12.2 Å². The minimum Gasteiger partial charge on any atom is -0.340 e. The summed E-state index contributed by atoms with van der Waals surface area (Å²) in [6.45, 7) is 4.35. The molecule has 0 aromatic heterocycles. The highest BCUT2D eigenvalue weighted by Crippen LogP contribution is 2.07. The van der Waals surface area contributed by atoms with Crippen LogP contribution in [0.1, 0.15) is 12.5 Å². The van der Waals surface area contributed by atoms with Crippen molar-refractivity contribution in [3.05, 3.63) is 35.6 Å². The van der Waals surface area contributed by atoms with Gasteiger partial charge in [-0.15, -0.1) is 12.4 Å². The van der Waals surface area contributed by atoms with Gasteiger partial charge in [-0.05, 0) is 24.6 Å². The van der Waals surface area contributed by atoms with E-state index in [1.165, 1.54) is 12.1 Å². The number of hydrogen-bond acceptors (Lipinski definition) is 2. The van der Waals surface area contributed by atoms with E-state index in [-0.39, 0.29) is 30.6 Å². The van der Waals surface area contributed by atoms with Crippen LogP contribution in [0.5, 0.6) is 0 Å². The highest BCUT2D eigenvalue weighted by atomic mass is 35.5. The predicted molar refractivity (Wildman–Crippen MR) is 71.4 cm³/mol. The monoisotopic (exact) mass is 272 g/mol. The van der Waals surface area contributed by atoms with Crippen molar-refractivity contribution < 1.29 is 9.18 Å². The number of amides is 1. The average Bonchev–Trinajstić information content (AvgIpc) is 2.29. The molecule has 5 heteroatoms. The zero-order valence-corrected chi connectivity index (χ0v) is 11.2. The van der Waals surface area contributed by atoms with E-state index < -0.39 is 0 Å². The van der Waals surface area contributed by atoms with Crippen LogP contribution in [0.3, 0.4) is 0 Å². The number of carbonyl (C=O) groups is 1. The molecule has 1 N–H and O–H groups in total. The van der Waals surface area contributed by atoms with Crippen molar-refractivity contribution >= 4 is 18.3 Å². The molecule has 0 saturated carbocycles. The van der Waals surface area contributed by atoms with Crippen molar-refractivity contribution in [2.24, 2.45) is 0 Å². The number of nitrogens with one attached hydrogen (secondary N) is 1. The maximum Gasteiger partial charge on any atom is 0.227 e. The van der Waals surface area contributed by atoms with Gasteiger partial charge in [0.15, 0.2) is 0 Å². The topological polar surface area (TPSA) is 32.3 Å². The van der Waals surface area contributed by atoms with Crippen LogP contribution in [0, 0.1) is 5.82 Å². The number of hydrogen-bond donors (Lipinski definition) is 1. The molecule has 2 rings (SSSR count). The molecular formula is C13H18ClFN2O. The Morgan fingerprint density at radius 1 is 1.56 bits per heavy atom. The van der Waals surface area contributed by atoms with E-state index in [0.29, 0.717) is 6.04 Å². The molecule has 18 heavy (non-hydrogen) atoms. The molecular weight excluding hydrogens is 255 g/mol. The molecule has 1 fully saturated rings. The highest BCUT2D eigenvalue weighted by Gasteiger charge is 2.20. The zero-order chi connectivity index (χ0) is 12.3. The maximum atomic E-state index is 13.0. The Hall–Kier alpha value is -1.13. The third kappa shape index (κ3) is 3.96. The van der Waals surface area contributed by atoms with Gasteiger partial charge in [0.2, 0.25) is 5.91 Å². The molecule has 1 aromatic carbocycles. The van der Waals surface area contributed by atoms with Gasteiger partial charge >= 0.3 is 0 Å². The smallest absolute Gasteiger partial charge is 0.227 e. The van der Waals surface area contributed by atoms with E-state index in [1.54, 1.807) is 12.1 Å². The molecule has 1 atom stereocenters. The molecule has 0 bridgehead atoms. The molecule has 1 aliphatic heterocycles. The van der Waals surface area contributed by atoms with Gasteiger partial charge in [-0.2, -0.15) is 0 Å². The first-order valence-electron chi connectivity index (χ1n) is 5.91. The fourth-order valence-corrected chi connectivity index (χ4v) is 2.09. The fourth-order valence-electron chi connectivity index (χ4n) is 2.09.